The maximum Gasteiger partial charge on any atom is 0.337 e. The van der Waals surface area contributed by atoms with Crippen molar-refractivity contribution in [3.05, 3.63) is 58.7 Å². The highest BCUT2D eigenvalue weighted by Gasteiger charge is 2.13. The molecule has 1 N–H and O–H groups in total. The number of benzene rings is 1. The second-order valence-electron chi connectivity index (χ2n) is 3.34. The molecule has 1 aliphatic carbocycles. The molecule has 0 saturated carbocycles. The molecule has 0 radical (unpaired) electrons. The molecular formula is C12H9ClO2. The van der Waals surface area contributed by atoms with Gasteiger partial charge in [0.1, 0.15) is 0 Å². The molecule has 3 heteroatoms. The summed E-state index contributed by atoms with van der Waals surface area (Å²) in [4.78, 5) is 10.9. The molecule has 0 spiro atoms. The summed E-state index contributed by atoms with van der Waals surface area (Å²) >= 11 is 5.78. The van der Waals surface area contributed by atoms with Crippen molar-refractivity contribution in [3.63, 3.8) is 0 Å². The smallest absolute Gasteiger partial charge is 0.337 e. The molecule has 1 aromatic carbocycles. The van der Waals surface area contributed by atoms with Crippen molar-refractivity contribution < 1.29 is 9.90 Å². The molecule has 0 bridgehead atoms. The number of halogens is 1. The molecule has 0 atom stereocenters. The van der Waals surface area contributed by atoms with Crippen molar-refractivity contribution in [3.8, 4) is 0 Å². The van der Waals surface area contributed by atoms with Crippen LogP contribution in [0.25, 0.3) is 0 Å². The predicted octanol–water partition coefficient (Wildman–Crippen LogP) is 3.25. The first-order valence-corrected chi connectivity index (χ1v) is 4.94. The topological polar surface area (TPSA) is 37.3 Å². The Kier molecular flexibility index (Phi) is 2.60. The van der Waals surface area contributed by atoms with Gasteiger partial charge in [-0.25, -0.2) is 4.79 Å². The van der Waals surface area contributed by atoms with E-state index in [1.807, 2.05) is 30.4 Å². The summed E-state index contributed by atoms with van der Waals surface area (Å²) in [6.07, 6.45) is 7.91. The van der Waals surface area contributed by atoms with Crippen LogP contribution in [0, 0.1) is 0 Å². The van der Waals surface area contributed by atoms with Crippen LogP contribution in [-0.2, 0) is 0 Å². The second-order valence-corrected chi connectivity index (χ2v) is 3.75. The SMILES string of the molecule is O=C(O)c1cc(C2C=CC=C2)ccc1Cl. The van der Waals surface area contributed by atoms with Gasteiger partial charge < -0.3 is 5.11 Å². The number of aromatic carboxylic acids is 1. The molecule has 0 amide bonds. The Bertz CT molecular complexity index is 449. The molecule has 0 saturated heterocycles. The third kappa shape index (κ3) is 1.95. The van der Waals surface area contributed by atoms with Gasteiger partial charge in [0, 0.05) is 5.92 Å². The first-order valence-electron chi connectivity index (χ1n) is 4.56. The number of rotatable bonds is 2. The molecule has 1 aromatic rings. The second kappa shape index (κ2) is 3.91. The Hall–Kier alpha value is -1.54. The minimum atomic E-state index is -0.993. The number of carboxylic acids is 1. The zero-order valence-corrected chi connectivity index (χ0v) is 8.61. The van der Waals surface area contributed by atoms with E-state index in [0.717, 1.165) is 5.56 Å². The Balaban J connectivity index is 2.42. The number of hydrogen-bond donors (Lipinski definition) is 1. The number of carboxylic acid groups (broad SMARTS) is 1. The number of carbonyl (C=O) groups is 1. The first kappa shape index (κ1) is 9.99. The lowest BCUT2D eigenvalue weighted by molar-refractivity contribution is 0.0697. The lowest BCUT2D eigenvalue weighted by Gasteiger charge is -2.07. The molecule has 2 nitrogen and oxygen atoms in total. The van der Waals surface area contributed by atoms with Crippen molar-refractivity contribution >= 4 is 17.6 Å². The van der Waals surface area contributed by atoms with Crippen LogP contribution in [-0.4, -0.2) is 11.1 Å². The van der Waals surface area contributed by atoms with Crippen molar-refractivity contribution in [2.75, 3.05) is 0 Å². The highest BCUT2D eigenvalue weighted by molar-refractivity contribution is 6.33. The monoisotopic (exact) mass is 220 g/mol. The van der Waals surface area contributed by atoms with Crippen LogP contribution in [0.2, 0.25) is 5.02 Å². The predicted molar refractivity (Wildman–Crippen MR) is 59.4 cm³/mol. The average molecular weight is 221 g/mol. The van der Waals surface area contributed by atoms with Crippen LogP contribution in [0.4, 0.5) is 0 Å². The summed E-state index contributed by atoms with van der Waals surface area (Å²) in [7, 11) is 0. The van der Waals surface area contributed by atoms with E-state index in [-0.39, 0.29) is 16.5 Å². The van der Waals surface area contributed by atoms with Crippen LogP contribution < -0.4 is 0 Å². The summed E-state index contributed by atoms with van der Waals surface area (Å²) in [6.45, 7) is 0. The van der Waals surface area contributed by atoms with E-state index in [1.54, 1.807) is 12.1 Å². The zero-order valence-electron chi connectivity index (χ0n) is 7.85. The third-order valence-electron chi connectivity index (χ3n) is 2.35. The van der Waals surface area contributed by atoms with Gasteiger partial charge in [-0.05, 0) is 17.7 Å². The summed E-state index contributed by atoms with van der Waals surface area (Å²) < 4.78 is 0. The van der Waals surface area contributed by atoms with E-state index < -0.39 is 5.97 Å². The molecule has 2 rings (SSSR count). The van der Waals surface area contributed by atoms with Crippen LogP contribution in [0.1, 0.15) is 21.8 Å². The zero-order chi connectivity index (χ0) is 10.8. The maximum atomic E-state index is 10.9. The van der Waals surface area contributed by atoms with Crippen LogP contribution in [0.5, 0.6) is 0 Å². The van der Waals surface area contributed by atoms with Crippen molar-refractivity contribution in [1.82, 2.24) is 0 Å². The molecule has 76 valence electrons. The highest BCUT2D eigenvalue weighted by atomic mass is 35.5. The van der Waals surface area contributed by atoms with E-state index in [0.29, 0.717) is 0 Å². The van der Waals surface area contributed by atoms with E-state index in [2.05, 4.69) is 0 Å². The van der Waals surface area contributed by atoms with Gasteiger partial charge >= 0.3 is 5.97 Å². The van der Waals surface area contributed by atoms with E-state index in [1.165, 1.54) is 0 Å². The van der Waals surface area contributed by atoms with Gasteiger partial charge in [-0.2, -0.15) is 0 Å². The Morgan fingerprint density at radius 2 is 1.93 bits per heavy atom. The molecule has 0 aromatic heterocycles. The van der Waals surface area contributed by atoms with Crippen LogP contribution in [0.15, 0.2) is 42.5 Å². The maximum absolute atomic E-state index is 10.9. The van der Waals surface area contributed by atoms with Gasteiger partial charge in [-0.1, -0.05) is 42.0 Å². The van der Waals surface area contributed by atoms with Crippen LogP contribution in [0.3, 0.4) is 0 Å². The van der Waals surface area contributed by atoms with Crippen molar-refractivity contribution in [1.29, 1.82) is 0 Å². The average Bonchev–Trinajstić information content (AvgIpc) is 2.71. The molecule has 1 aliphatic rings. The lowest BCUT2D eigenvalue weighted by atomic mass is 9.99. The van der Waals surface area contributed by atoms with Crippen LogP contribution >= 0.6 is 11.6 Å². The fraction of sp³-hybridized carbons (Fsp3) is 0.0833. The Morgan fingerprint density at radius 3 is 2.53 bits per heavy atom. The molecular weight excluding hydrogens is 212 g/mol. The van der Waals surface area contributed by atoms with Gasteiger partial charge in [-0.3, -0.25) is 0 Å². The molecule has 15 heavy (non-hydrogen) atoms. The number of allylic oxidation sites excluding steroid dienone is 4. The molecule has 0 heterocycles. The summed E-state index contributed by atoms with van der Waals surface area (Å²) in [5.41, 5.74) is 1.10. The Labute approximate surface area is 92.5 Å². The Morgan fingerprint density at radius 1 is 1.27 bits per heavy atom. The molecule has 0 fully saturated rings. The van der Waals surface area contributed by atoms with E-state index in [4.69, 9.17) is 16.7 Å². The third-order valence-corrected chi connectivity index (χ3v) is 2.68. The quantitative estimate of drug-likeness (QED) is 0.831. The summed E-state index contributed by atoms with van der Waals surface area (Å²) in [5, 5.41) is 9.19. The minimum Gasteiger partial charge on any atom is -0.478 e. The largest absolute Gasteiger partial charge is 0.478 e. The molecule has 0 unspecified atom stereocenters. The van der Waals surface area contributed by atoms with Crippen molar-refractivity contribution in [2.24, 2.45) is 0 Å². The van der Waals surface area contributed by atoms with Gasteiger partial charge in [0.05, 0.1) is 10.6 Å². The first-order chi connectivity index (χ1) is 7.18. The highest BCUT2D eigenvalue weighted by Crippen LogP contribution is 2.26. The normalized spacial score (nSPS) is 14.7. The van der Waals surface area contributed by atoms with E-state index in [9.17, 15) is 4.79 Å². The summed E-state index contributed by atoms with van der Waals surface area (Å²) in [5.74, 6) is -0.826. The minimum absolute atomic E-state index is 0.155. The van der Waals surface area contributed by atoms with Gasteiger partial charge in [0.25, 0.3) is 0 Å². The fourth-order valence-electron chi connectivity index (χ4n) is 1.57. The van der Waals surface area contributed by atoms with Gasteiger partial charge in [0.2, 0.25) is 0 Å². The number of hydrogen-bond acceptors (Lipinski definition) is 1. The van der Waals surface area contributed by atoms with Gasteiger partial charge in [-0.15, -0.1) is 0 Å². The van der Waals surface area contributed by atoms with E-state index >= 15 is 0 Å². The fourth-order valence-corrected chi connectivity index (χ4v) is 1.77. The lowest BCUT2D eigenvalue weighted by Crippen LogP contribution is -2.00. The van der Waals surface area contributed by atoms with Gasteiger partial charge in [0.15, 0.2) is 0 Å². The summed E-state index contributed by atoms with van der Waals surface area (Å²) in [6, 6.07) is 5.09. The molecule has 0 aliphatic heterocycles. The standard InChI is InChI=1S/C12H9ClO2/c13-11-6-5-9(7-10(11)12(14)15)8-3-1-2-4-8/h1-8H,(H,14,15). The van der Waals surface area contributed by atoms with Crippen molar-refractivity contribution in [2.45, 2.75) is 5.92 Å².